The lowest BCUT2D eigenvalue weighted by Gasteiger charge is -2.14. The molecule has 0 fully saturated rings. The molecule has 3 aromatic heterocycles. The molecule has 1 atom stereocenters. The van der Waals surface area contributed by atoms with E-state index < -0.39 is 0 Å². The van der Waals surface area contributed by atoms with Gasteiger partial charge in [0.1, 0.15) is 11.3 Å². The third kappa shape index (κ3) is 3.48. The standard InChI is InChI=1S/C20H17N5O2/c1-14(18-24-23-17-11-5-6-13-25(17)18)22-19(26)16-10-7-12-21-20(16)27-15-8-3-2-4-9-15/h2-14H,1H3,(H,22,26)/t14-/m1/s1. The predicted molar refractivity (Wildman–Crippen MR) is 99.6 cm³/mol. The van der Waals surface area contributed by atoms with Crippen LogP contribution in [0.5, 0.6) is 11.6 Å². The van der Waals surface area contributed by atoms with E-state index in [9.17, 15) is 4.79 Å². The molecule has 0 saturated heterocycles. The summed E-state index contributed by atoms with van der Waals surface area (Å²) in [5.41, 5.74) is 1.07. The van der Waals surface area contributed by atoms with Crippen molar-refractivity contribution in [1.29, 1.82) is 0 Å². The third-order valence-electron chi connectivity index (χ3n) is 4.05. The van der Waals surface area contributed by atoms with Crippen LogP contribution in [-0.2, 0) is 0 Å². The highest BCUT2D eigenvalue weighted by atomic mass is 16.5. The number of rotatable bonds is 5. The highest BCUT2D eigenvalue weighted by Gasteiger charge is 2.20. The van der Waals surface area contributed by atoms with Gasteiger partial charge in [0.25, 0.3) is 5.91 Å². The zero-order valence-electron chi connectivity index (χ0n) is 14.6. The maximum atomic E-state index is 12.8. The van der Waals surface area contributed by atoms with Crippen LogP contribution < -0.4 is 10.1 Å². The van der Waals surface area contributed by atoms with Gasteiger partial charge in [-0.3, -0.25) is 9.20 Å². The highest BCUT2D eigenvalue weighted by molar-refractivity contribution is 5.96. The SMILES string of the molecule is C[C@@H](NC(=O)c1cccnc1Oc1ccccc1)c1nnc2ccccn12. The molecule has 0 unspecified atom stereocenters. The average Bonchev–Trinajstić information content (AvgIpc) is 3.13. The number of benzene rings is 1. The monoisotopic (exact) mass is 359 g/mol. The fraction of sp³-hybridized carbons (Fsp3) is 0.100. The van der Waals surface area contributed by atoms with Crippen LogP contribution in [0.15, 0.2) is 73.1 Å². The second-order valence-corrected chi connectivity index (χ2v) is 5.95. The Balaban J connectivity index is 1.56. The van der Waals surface area contributed by atoms with Crippen molar-refractivity contribution in [3.05, 3.63) is 84.4 Å². The second kappa shape index (κ2) is 7.25. The molecule has 0 bridgehead atoms. The molecule has 0 saturated carbocycles. The molecule has 7 heteroatoms. The molecular formula is C20H17N5O2. The molecule has 1 amide bonds. The zero-order chi connectivity index (χ0) is 18.6. The van der Waals surface area contributed by atoms with Gasteiger partial charge in [-0.2, -0.15) is 0 Å². The van der Waals surface area contributed by atoms with Crippen LogP contribution in [0.1, 0.15) is 29.1 Å². The fourth-order valence-electron chi connectivity index (χ4n) is 2.74. The molecule has 0 aliphatic heterocycles. The summed E-state index contributed by atoms with van der Waals surface area (Å²) in [6, 6.07) is 17.9. The number of para-hydroxylation sites is 1. The minimum Gasteiger partial charge on any atom is -0.438 e. The Morgan fingerprint density at radius 1 is 1.04 bits per heavy atom. The van der Waals surface area contributed by atoms with E-state index in [1.807, 2.05) is 53.9 Å². The van der Waals surface area contributed by atoms with Gasteiger partial charge in [-0.05, 0) is 43.3 Å². The molecule has 27 heavy (non-hydrogen) atoms. The normalized spacial score (nSPS) is 11.9. The van der Waals surface area contributed by atoms with E-state index in [1.165, 1.54) is 0 Å². The molecule has 4 aromatic rings. The molecule has 0 aliphatic rings. The minimum absolute atomic E-state index is 0.250. The Morgan fingerprint density at radius 3 is 2.70 bits per heavy atom. The van der Waals surface area contributed by atoms with Gasteiger partial charge in [0.2, 0.25) is 5.88 Å². The summed E-state index contributed by atoms with van der Waals surface area (Å²) in [5.74, 6) is 1.21. The molecule has 4 rings (SSSR count). The largest absolute Gasteiger partial charge is 0.438 e. The van der Waals surface area contributed by atoms with Crippen LogP contribution in [0.2, 0.25) is 0 Å². The summed E-state index contributed by atoms with van der Waals surface area (Å²) < 4.78 is 7.61. The Hall–Kier alpha value is -3.74. The van der Waals surface area contributed by atoms with E-state index in [4.69, 9.17) is 4.74 Å². The number of hydrogen-bond acceptors (Lipinski definition) is 5. The lowest BCUT2D eigenvalue weighted by molar-refractivity contribution is 0.0935. The molecule has 1 aromatic carbocycles. The molecule has 0 spiro atoms. The van der Waals surface area contributed by atoms with Gasteiger partial charge in [0, 0.05) is 12.4 Å². The number of carbonyl (C=O) groups is 1. The number of hydrogen-bond donors (Lipinski definition) is 1. The summed E-state index contributed by atoms with van der Waals surface area (Å²) in [6.07, 6.45) is 3.45. The zero-order valence-corrected chi connectivity index (χ0v) is 14.6. The van der Waals surface area contributed by atoms with Crippen LogP contribution in [0, 0.1) is 0 Å². The van der Waals surface area contributed by atoms with Crippen molar-refractivity contribution in [2.24, 2.45) is 0 Å². The van der Waals surface area contributed by atoms with Crippen molar-refractivity contribution in [1.82, 2.24) is 24.9 Å². The summed E-state index contributed by atoms with van der Waals surface area (Å²) in [4.78, 5) is 17.0. The Bertz CT molecular complexity index is 1080. The molecule has 1 N–H and O–H groups in total. The number of ether oxygens (including phenoxy) is 1. The topological polar surface area (TPSA) is 81.4 Å². The fourth-order valence-corrected chi connectivity index (χ4v) is 2.74. The number of aromatic nitrogens is 4. The minimum atomic E-state index is -0.348. The van der Waals surface area contributed by atoms with Crippen molar-refractivity contribution in [3.63, 3.8) is 0 Å². The van der Waals surface area contributed by atoms with Gasteiger partial charge >= 0.3 is 0 Å². The number of nitrogens with zero attached hydrogens (tertiary/aromatic N) is 4. The lowest BCUT2D eigenvalue weighted by Crippen LogP contribution is -2.28. The molecule has 0 aliphatic carbocycles. The molecule has 0 radical (unpaired) electrons. The van der Waals surface area contributed by atoms with Gasteiger partial charge in [0.05, 0.1) is 6.04 Å². The summed E-state index contributed by atoms with van der Waals surface area (Å²) in [7, 11) is 0. The average molecular weight is 359 g/mol. The lowest BCUT2D eigenvalue weighted by atomic mass is 10.2. The number of carbonyl (C=O) groups excluding carboxylic acids is 1. The van der Waals surface area contributed by atoms with Gasteiger partial charge in [0.15, 0.2) is 11.5 Å². The number of nitrogens with one attached hydrogen (secondary N) is 1. The third-order valence-corrected chi connectivity index (χ3v) is 4.05. The predicted octanol–water partition coefficient (Wildman–Crippen LogP) is 3.41. The van der Waals surface area contributed by atoms with E-state index in [-0.39, 0.29) is 17.8 Å². The first-order valence-electron chi connectivity index (χ1n) is 8.51. The summed E-state index contributed by atoms with van der Waals surface area (Å²) >= 11 is 0. The van der Waals surface area contributed by atoms with Gasteiger partial charge in [-0.25, -0.2) is 4.98 Å². The highest BCUT2D eigenvalue weighted by Crippen LogP contribution is 2.23. The van der Waals surface area contributed by atoms with E-state index in [2.05, 4.69) is 20.5 Å². The smallest absolute Gasteiger partial charge is 0.257 e. The van der Waals surface area contributed by atoms with E-state index >= 15 is 0 Å². The molecular weight excluding hydrogens is 342 g/mol. The van der Waals surface area contributed by atoms with Crippen molar-refractivity contribution < 1.29 is 9.53 Å². The number of pyridine rings is 2. The summed E-state index contributed by atoms with van der Waals surface area (Å²) in [5, 5.41) is 11.2. The van der Waals surface area contributed by atoms with Crippen molar-refractivity contribution in [2.75, 3.05) is 0 Å². The van der Waals surface area contributed by atoms with E-state index in [0.29, 0.717) is 17.1 Å². The van der Waals surface area contributed by atoms with Gasteiger partial charge in [-0.1, -0.05) is 24.3 Å². The van der Waals surface area contributed by atoms with Crippen molar-refractivity contribution >= 4 is 11.6 Å². The van der Waals surface area contributed by atoms with E-state index in [0.717, 1.165) is 5.65 Å². The van der Waals surface area contributed by atoms with Crippen LogP contribution in [0.4, 0.5) is 0 Å². The Labute approximate surface area is 155 Å². The van der Waals surface area contributed by atoms with Crippen LogP contribution >= 0.6 is 0 Å². The summed E-state index contributed by atoms with van der Waals surface area (Å²) in [6.45, 7) is 1.86. The maximum absolute atomic E-state index is 12.8. The molecule has 7 nitrogen and oxygen atoms in total. The molecule has 3 heterocycles. The quantitative estimate of drug-likeness (QED) is 0.590. The van der Waals surface area contributed by atoms with Gasteiger partial charge < -0.3 is 10.1 Å². The van der Waals surface area contributed by atoms with Crippen LogP contribution in [0.25, 0.3) is 5.65 Å². The van der Waals surface area contributed by atoms with Crippen LogP contribution in [0.3, 0.4) is 0 Å². The van der Waals surface area contributed by atoms with E-state index in [1.54, 1.807) is 30.5 Å². The van der Waals surface area contributed by atoms with Gasteiger partial charge in [-0.15, -0.1) is 10.2 Å². The Morgan fingerprint density at radius 2 is 1.85 bits per heavy atom. The maximum Gasteiger partial charge on any atom is 0.257 e. The Kier molecular flexibility index (Phi) is 4.49. The molecule has 134 valence electrons. The van der Waals surface area contributed by atoms with Crippen molar-refractivity contribution in [3.8, 4) is 11.6 Å². The second-order valence-electron chi connectivity index (χ2n) is 5.95. The first-order valence-corrected chi connectivity index (χ1v) is 8.51. The first-order chi connectivity index (χ1) is 13.2. The number of amides is 1. The van der Waals surface area contributed by atoms with Crippen molar-refractivity contribution in [2.45, 2.75) is 13.0 Å². The number of fused-ring (bicyclic) bond motifs is 1. The first kappa shape index (κ1) is 16.7. The van der Waals surface area contributed by atoms with Crippen LogP contribution in [-0.4, -0.2) is 25.5 Å².